The molecule has 0 aromatic heterocycles. The topological polar surface area (TPSA) is 35.2 Å². The van der Waals surface area contributed by atoms with Crippen LogP contribution in [0.4, 0.5) is 5.69 Å². The smallest absolute Gasteiger partial charge is 0.126 e. The van der Waals surface area contributed by atoms with Crippen molar-refractivity contribution in [1.29, 1.82) is 0 Å². The third-order valence-electron chi connectivity index (χ3n) is 1.85. The summed E-state index contributed by atoms with van der Waals surface area (Å²) in [4.78, 5) is 0. The molecule has 60 valence electrons. The minimum absolute atomic E-state index is 0.785. The normalized spacial score (nSPS) is 9.73. The minimum atomic E-state index is 0.785. The molecule has 0 bridgehead atoms. The Morgan fingerprint density at radius 3 is 2.36 bits per heavy atom. The van der Waals surface area contributed by atoms with Crippen molar-refractivity contribution in [2.75, 3.05) is 12.8 Å². The van der Waals surface area contributed by atoms with Crippen LogP contribution >= 0.6 is 0 Å². The quantitative estimate of drug-likeness (QED) is 0.622. The Balaban J connectivity index is 3.29. The second kappa shape index (κ2) is 2.82. The molecule has 1 rings (SSSR count). The van der Waals surface area contributed by atoms with Gasteiger partial charge in [-0.15, -0.1) is 0 Å². The fourth-order valence-electron chi connectivity index (χ4n) is 1.16. The summed E-state index contributed by atoms with van der Waals surface area (Å²) in [6.45, 7) is 3.96. The van der Waals surface area contributed by atoms with Crippen LogP contribution in [0.1, 0.15) is 11.1 Å². The lowest BCUT2D eigenvalue weighted by atomic mass is 10.1. The van der Waals surface area contributed by atoms with Crippen LogP contribution in [-0.2, 0) is 0 Å². The van der Waals surface area contributed by atoms with E-state index in [-0.39, 0.29) is 0 Å². The van der Waals surface area contributed by atoms with Crippen LogP contribution < -0.4 is 10.5 Å². The van der Waals surface area contributed by atoms with Crippen molar-refractivity contribution in [3.63, 3.8) is 0 Å². The first kappa shape index (κ1) is 7.92. The second-order valence-corrected chi connectivity index (χ2v) is 2.63. The number of aryl methyl sites for hydroxylation is 1. The molecule has 11 heavy (non-hydrogen) atoms. The maximum absolute atomic E-state index is 5.69. The molecule has 0 aliphatic rings. The molecule has 0 unspecified atom stereocenters. The van der Waals surface area contributed by atoms with Gasteiger partial charge in [0.05, 0.1) is 7.11 Å². The Hall–Kier alpha value is -1.18. The Morgan fingerprint density at radius 1 is 1.27 bits per heavy atom. The zero-order valence-electron chi connectivity index (χ0n) is 7.14. The van der Waals surface area contributed by atoms with Gasteiger partial charge in [-0.2, -0.15) is 0 Å². The number of hydrogen-bond acceptors (Lipinski definition) is 2. The number of hydrogen-bond donors (Lipinski definition) is 1. The van der Waals surface area contributed by atoms with Crippen LogP contribution in [0.25, 0.3) is 0 Å². The average Bonchev–Trinajstić information content (AvgIpc) is 1.99. The number of methoxy groups -OCH3 is 1. The first-order chi connectivity index (χ1) is 5.16. The molecule has 0 amide bonds. The number of nitrogens with two attached hydrogens (primary N) is 1. The Morgan fingerprint density at radius 2 is 1.91 bits per heavy atom. The zero-order chi connectivity index (χ0) is 8.43. The molecule has 2 heteroatoms. The van der Waals surface area contributed by atoms with Gasteiger partial charge in [-0.3, -0.25) is 0 Å². The van der Waals surface area contributed by atoms with Crippen LogP contribution in [0.5, 0.6) is 5.75 Å². The highest BCUT2D eigenvalue weighted by Crippen LogP contribution is 2.26. The van der Waals surface area contributed by atoms with Gasteiger partial charge in [0.2, 0.25) is 0 Å². The van der Waals surface area contributed by atoms with Gasteiger partial charge >= 0.3 is 0 Å². The summed E-state index contributed by atoms with van der Waals surface area (Å²) in [5.41, 5.74) is 8.61. The standard InChI is InChI=1S/C9H13NO/c1-6-4-5-8(10)7(2)9(6)11-3/h4-5H,10H2,1-3H3. The van der Waals surface area contributed by atoms with E-state index in [2.05, 4.69) is 0 Å². The first-order valence-corrected chi connectivity index (χ1v) is 3.56. The van der Waals surface area contributed by atoms with Crippen LogP contribution in [0, 0.1) is 13.8 Å². The van der Waals surface area contributed by atoms with Crippen LogP contribution in [-0.4, -0.2) is 7.11 Å². The van der Waals surface area contributed by atoms with Gasteiger partial charge in [-0.25, -0.2) is 0 Å². The molecule has 0 fully saturated rings. The summed E-state index contributed by atoms with van der Waals surface area (Å²) in [7, 11) is 1.66. The lowest BCUT2D eigenvalue weighted by molar-refractivity contribution is 0.409. The first-order valence-electron chi connectivity index (χ1n) is 3.56. The van der Waals surface area contributed by atoms with Gasteiger partial charge in [0.1, 0.15) is 5.75 Å². The van der Waals surface area contributed by atoms with Gasteiger partial charge in [0, 0.05) is 11.3 Å². The van der Waals surface area contributed by atoms with E-state index in [1.807, 2.05) is 26.0 Å². The summed E-state index contributed by atoms with van der Waals surface area (Å²) in [5, 5.41) is 0. The van der Waals surface area contributed by atoms with Crippen molar-refractivity contribution < 1.29 is 4.74 Å². The molecule has 0 saturated carbocycles. The van der Waals surface area contributed by atoms with Crippen molar-refractivity contribution in [3.05, 3.63) is 23.3 Å². The van der Waals surface area contributed by atoms with E-state index in [4.69, 9.17) is 10.5 Å². The fourth-order valence-corrected chi connectivity index (χ4v) is 1.16. The number of benzene rings is 1. The predicted octanol–water partition coefficient (Wildman–Crippen LogP) is 1.89. The molecular weight excluding hydrogens is 138 g/mol. The highest BCUT2D eigenvalue weighted by atomic mass is 16.5. The van der Waals surface area contributed by atoms with Gasteiger partial charge in [-0.1, -0.05) is 6.07 Å². The summed E-state index contributed by atoms with van der Waals surface area (Å²) in [6.07, 6.45) is 0. The van der Waals surface area contributed by atoms with Crippen molar-refractivity contribution in [2.45, 2.75) is 13.8 Å². The Bertz CT molecular complexity index is 269. The van der Waals surface area contributed by atoms with Crippen molar-refractivity contribution >= 4 is 5.69 Å². The van der Waals surface area contributed by atoms with E-state index < -0.39 is 0 Å². The maximum atomic E-state index is 5.69. The highest BCUT2D eigenvalue weighted by Gasteiger charge is 2.03. The van der Waals surface area contributed by atoms with Gasteiger partial charge in [0.15, 0.2) is 0 Å². The van der Waals surface area contributed by atoms with Crippen LogP contribution in [0.3, 0.4) is 0 Å². The van der Waals surface area contributed by atoms with E-state index in [1.165, 1.54) is 0 Å². The largest absolute Gasteiger partial charge is 0.496 e. The number of rotatable bonds is 1. The van der Waals surface area contributed by atoms with Crippen LogP contribution in [0.2, 0.25) is 0 Å². The number of nitrogen functional groups attached to an aromatic ring is 1. The zero-order valence-corrected chi connectivity index (χ0v) is 7.14. The van der Waals surface area contributed by atoms with Gasteiger partial charge < -0.3 is 10.5 Å². The molecule has 1 aromatic rings. The fraction of sp³-hybridized carbons (Fsp3) is 0.333. The third kappa shape index (κ3) is 1.29. The number of anilines is 1. The van der Waals surface area contributed by atoms with Crippen LogP contribution in [0.15, 0.2) is 12.1 Å². The number of ether oxygens (including phenoxy) is 1. The molecule has 0 heterocycles. The SMILES string of the molecule is COc1c(C)ccc(N)c1C. The minimum Gasteiger partial charge on any atom is -0.496 e. The average molecular weight is 151 g/mol. The van der Waals surface area contributed by atoms with Crippen molar-refractivity contribution in [3.8, 4) is 5.75 Å². The monoisotopic (exact) mass is 151 g/mol. The Kier molecular flexibility index (Phi) is 2.03. The van der Waals surface area contributed by atoms with E-state index in [1.54, 1.807) is 7.11 Å². The Labute approximate surface area is 67.0 Å². The van der Waals surface area contributed by atoms with E-state index >= 15 is 0 Å². The molecular formula is C9H13NO. The molecule has 0 aliphatic heterocycles. The molecule has 0 spiro atoms. The van der Waals surface area contributed by atoms with E-state index in [0.717, 1.165) is 22.6 Å². The molecule has 0 radical (unpaired) electrons. The molecule has 2 nitrogen and oxygen atoms in total. The third-order valence-corrected chi connectivity index (χ3v) is 1.85. The summed E-state index contributed by atoms with van der Waals surface area (Å²) in [5.74, 6) is 0.894. The molecule has 2 N–H and O–H groups in total. The predicted molar refractivity (Wildman–Crippen MR) is 46.9 cm³/mol. The summed E-state index contributed by atoms with van der Waals surface area (Å²) < 4.78 is 5.18. The van der Waals surface area contributed by atoms with Crippen molar-refractivity contribution in [1.82, 2.24) is 0 Å². The van der Waals surface area contributed by atoms with E-state index in [9.17, 15) is 0 Å². The lowest BCUT2D eigenvalue weighted by Gasteiger charge is -2.09. The maximum Gasteiger partial charge on any atom is 0.126 e. The second-order valence-electron chi connectivity index (χ2n) is 2.63. The van der Waals surface area contributed by atoms with Gasteiger partial charge in [0.25, 0.3) is 0 Å². The molecule has 0 aliphatic carbocycles. The summed E-state index contributed by atoms with van der Waals surface area (Å²) in [6, 6.07) is 3.86. The lowest BCUT2D eigenvalue weighted by Crippen LogP contribution is -1.95. The van der Waals surface area contributed by atoms with E-state index in [0.29, 0.717) is 0 Å². The molecule has 1 aromatic carbocycles. The molecule has 0 saturated heterocycles. The van der Waals surface area contributed by atoms with Crippen molar-refractivity contribution in [2.24, 2.45) is 0 Å². The summed E-state index contributed by atoms with van der Waals surface area (Å²) >= 11 is 0. The molecule has 0 atom stereocenters. The highest BCUT2D eigenvalue weighted by molar-refractivity contribution is 5.56. The van der Waals surface area contributed by atoms with Gasteiger partial charge in [-0.05, 0) is 25.5 Å².